The number of hydrogen-bond acceptors (Lipinski definition) is 3. The van der Waals surface area contributed by atoms with E-state index in [9.17, 15) is 9.59 Å². The van der Waals surface area contributed by atoms with Gasteiger partial charge in [-0.25, -0.2) is 0 Å². The van der Waals surface area contributed by atoms with Gasteiger partial charge < -0.3 is 15.0 Å². The van der Waals surface area contributed by atoms with E-state index in [-0.39, 0.29) is 18.2 Å². The Hall–Kier alpha value is -2.82. The molecule has 2 aromatic carbocycles. The van der Waals surface area contributed by atoms with Crippen molar-refractivity contribution in [3.63, 3.8) is 0 Å². The van der Waals surface area contributed by atoms with Gasteiger partial charge in [0.25, 0.3) is 0 Å². The third-order valence-electron chi connectivity index (χ3n) is 4.20. The number of ether oxygens (including phenoxy) is 1. The largest absolute Gasteiger partial charge is 0.497 e. The Labute approximate surface area is 155 Å². The maximum atomic E-state index is 12.1. The van der Waals surface area contributed by atoms with E-state index < -0.39 is 0 Å². The summed E-state index contributed by atoms with van der Waals surface area (Å²) >= 11 is 0. The van der Waals surface area contributed by atoms with Crippen LogP contribution in [0.5, 0.6) is 5.75 Å². The minimum atomic E-state index is -0.0732. The van der Waals surface area contributed by atoms with Gasteiger partial charge in [-0.3, -0.25) is 9.59 Å². The molecule has 0 saturated heterocycles. The van der Waals surface area contributed by atoms with Gasteiger partial charge in [0.1, 0.15) is 5.75 Å². The lowest BCUT2D eigenvalue weighted by atomic mass is 10.1. The number of carbonyl (C=O) groups is 2. The molecule has 0 aliphatic carbocycles. The molecular formula is C21H26N2O3. The average Bonchev–Trinajstić information content (AvgIpc) is 2.65. The van der Waals surface area contributed by atoms with Crippen molar-refractivity contribution in [2.45, 2.75) is 33.4 Å². The van der Waals surface area contributed by atoms with Crippen LogP contribution in [0.15, 0.2) is 48.5 Å². The minimum absolute atomic E-state index is 0.0338. The highest BCUT2D eigenvalue weighted by atomic mass is 16.5. The number of rotatable bonds is 8. The molecule has 2 rings (SSSR count). The molecule has 0 spiro atoms. The predicted octanol–water partition coefficient (Wildman–Crippen LogP) is 3.06. The molecule has 0 bridgehead atoms. The monoisotopic (exact) mass is 354 g/mol. The first kappa shape index (κ1) is 19.5. The highest BCUT2D eigenvalue weighted by Crippen LogP contribution is 2.11. The van der Waals surface area contributed by atoms with Gasteiger partial charge >= 0.3 is 0 Å². The quantitative estimate of drug-likeness (QED) is 0.793. The standard InChI is InChI=1S/C21H26N2O3/c1-16-4-6-19(7-5-16)15-23(17(2)24)13-12-21(25)22-14-18-8-10-20(26-3)11-9-18/h4-11H,12-15H2,1-3H3,(H,22,25). The molecule has 0 saturated carbocycles. The fourth-order valence-corrected chi connectivity index (χ4v) is 2.53. The fourth-order valence-electron chi connectivity index (χ4n) is 2.53. The summed E-state index contributed by atoms with van der Waals surface area (Å²) in [5, 5.41) is 2.88. The summed E-state index contributed by atoms with van der Waals surface area (Å²) in [6, 6.07) is 15.6. The van der Waals surface area contributed by atoms with Gasteiger partial charge in [-0.15, -0.1) is 0 Å². The molecule has 0 atom stereocenters. The minimum Gasteiger partial charge on any atom is -0.497 e. The fraction of sp³-hybridized carbons (Fsp3) is 0.333. The van der Waals surface area contributed by atoms with Crippen molar-refractivity contribution in [1.82, 2.24) is 10.2 Å². The van der Waals surface area contributed by atoms with Crippen LogP contribution in [-0.2, 0) is 22.7 Å². The first-order chi connectivity index (χ1) is 12.5. The molecule has 5 nitrogen and oxygen atoms in total. The number of amides is 2. The zero-order valence-corrected chi connectivity index (χ0v) is 15.6. The second-order valence-electron chi connectivity index (χ2n) is 6.30. The van der Waals surface area contributed by atoms with E-state index in [4.69, 9.17) is 4.74 Å². The molecule has 2 amide bonds. The van der Waals surface area contributed by atoms with Crippen LogP contribution >= 0.6 is 0 Å². The van der Waals surface area contributed by atoms with Gasteiger partial charge in [-0.2, -0.15) is 0 Å². The Kier molecular flexibility index (Phi) is 7.21. The highest BCUT2D eigenvalue weighted by Gasteiger charge is 2.12. The van der Waals surface area contributed by atoms with Gasteiger partial charge in [0.15, 0.2) is 0 Å². The molecule has 0 aromatic heterocycles. The Morgan fingerprint density at radius 3 is 2.19 bits per heavy atom. The average molecular weight is 354 g/mol. The molecule has 0 aliphatic rings. The van der Waals surface area contributed by atoms with E-state index in [1.54, 1.807) is 12.0 Å². The van der Waals surface area contributed by atoms with E-state index >= 15 is 0 Å². The number of methoxy groups -OCH3 is 1. The van der Waals surface area contributed by atoms with Crippen LogP contribution in [0.3, 0.4) is 0 Å². The molecule has 0 fully saturated rings. The van der Waals surface area contributed by atoms with Crippen LogP contribution < -0.4 is 10.1 Å². The van der Waals surface area contributed by atoms with E-state index in [1.807, 2.05) is 55.5 Å². The summed E-state index contributed by atoms with van der Waals surface area (Å²) in [5.41, 5.74) is 3.24. The Balaban J connectivity index is 1.80. The molecule has 0 aliphatic heterocycles. The maximum Gasteiger partial charge on any atom is 0.222 e. The molecule has 0 unspecified atom stereocenters. The van der Waals surface area contributed by atoms with Crippen LogP contribution in [0, 0.1) is 6.92 Å². The molecule has 138 valence electrons. The highest BCUT2D eigenvalue weighted by molar-refractivity contribution is 5.78. The second-order valence-corrected chi connectivity index (χ2v) is 6.30. The number of nitrogens with one attached hydrogen (secondary N) is 1. The first-order valence-electron chi connectivity index (χ1n) is 8.68. The van der Waals surface area contributed by atoms with Crippen molar-refractivity contribution >= 4 is 11.8 Å². The predicted molar refractivity (Wildman–Crippen MR) is 102 cm³/mol. The second kappa shape index (κ2) is 9.61. The van der Waals surface area contributed by atoms with Crippen LogP contribution in [0.2, 0.25) is 0 Å². The molecule has 0 heterocycles. The van der Waals surface area contributed by atoms with Crippen LogP contribution in [0.4, 0.5) is 0 Å². The van der Waals surface area contributed by atoms with E-state index in [0.29, 0.717) is 19.6 Å². The van der Waals surface area contributed by atoms with Gasteiger partial charge in [0.05, 0.1) is 7.11 Å². The third-order valence-corrected chi connectivity index (χ3v) is 4.20. The zero-order chi connectivity index (χ0) is 18.9. The Morgan fingerprint density at radius 1 is 1.00 bits per heavy atom. The molecule has 2 aromatic rings. The smallest absolute Gasteiger partial charge is 0.222 e. The molecule has 0 radical (unpaired) electrons. The Bertz CT molecular complexity index is 724. The third kappa shape index (κ3) is 6.24. The van der Waals surface area contributed by atoms with E-state index in [1.165, 1.54) is 12.5 Å². The van der Waals surface area contributed by atoms with Crippen LogP contribution in [0.25, 0.3) is 0 Å². The Morgan fingerprint density at radius 2 is 1.62 bits per heavy atom. The number of nitrogens with zero attached hydrogens (tertiary/aromatic N) is 1. The summed E-state index contributed by atoms with van der Waals surface area (Å²) in [5.74, 6) is 0.679. The lowest BCUT2D eigenvalue weighted by Gasteiger charge is -2.21. The van der Waals surface area contributed by atoms with Gasteiger partial charge in [-0.1, -0.05) is 42.0 Å². The summed E-state index contributed by atoms with van der Waals surface area (Å²) in [4.78, 5) is 25.6. The van der Waals surface area contributed by atoms with Crippen LogP contribution in [0.1, 0.15) is 30.0 Å². The zero-order valence-electron chi connectivity index (χ0n) is 15.6. The molecular weight excluding hydrogens is 328 g/mol. The van der Waals surface area contributed by atoms with Crippen molar-refractivity contribution in [3.05, 3.63) is 65.2 Å². The lowest BCUT2D eigenvalue weighted by molar-refractivity contribution is -0.130. The number of hydrogen-bond donors (Lipinski definition) is 1. The first-order valence-corrected chi connectivity index (χ1v) is 8.68. The van der Waals surface area contributed by atoms with Crippen LogP contribution in [-0.4, -0.2) is 30.4 Å². The molecule has 1 N–H and O–H groups in total. The number of aryl methyl sites for hydroxylation is 1. The number of carbonyl (C=O) groups excluding carboxylic acids is 2. The SMILES string of the molecule is COc1ccc(CNC(=O)CCN(Cc2ccc(C)cc2)C(C)=O)cc1. The van der Waals surface area contributed by atoms with Gasteiger partial charge in [-0.05, 0) is 30.2 Å². The van der Waals surface area contributed by atoms with E-state index in [0.717, 1.165) is 16.9 Å². The van der Waals surface area contributed by atoms with Crippen molar-refractivity contribution in [3.8, 4) is 5.75 Å². The maximum absolute atomic E-state index is 12.1. The van der Waals surface area contributed by atoms with Crippen molar-refractivity contribution < 1.29 is 14.3 Å². The summed E-state index contributed by atoms with van der Waals surface area (Å²) < 4.78 is 5.11. The van der Waals surface area contributed by atoms with Crippen molar-refractivity contribution in [1.29, 1.82) is 0 Å². The van der Waals surface area contributed by atoms with Crippen molar-refractivity contribution in [2.75, 3.05) is 13.7 Å². The summed E-state index contributed by atoms with van der Waals surface area (Å²) in [7, 11) is 1.62. The molecule has 26 heavy (non-hydrogen) atoms. The summed E-state index contributed by atoms with van der Waals surface area (Å²) in [6.45, 7) is 4.93. The number of benzene rings is 2. The topological polar surface area (TPSA) is 58.6 Å². The van der Waals surface area contributed by atoms with Gasteiger partial charge in [0, 0.05) is 33.0 Å². The summed E-state index contributed by atoms with van der Waals surface area (Å²) in [6.07, 6.45) is 0.279. The molecule has 5 heteroatoms. The van der Waals surface area contributed by atoms with Crippen molar-refractivity contribution in [2.24, 2.45) is 0 Å². The normalized spacial score (nSPS) is 10.3. The van der Waals surface area contributed by atoms with E-state index in [2.05, 4.69) is 5.32 Å². The van der Waals surface area contributed by atoms with Gasteiger partial charge in [0.2, 0.25) is 11.8 Å². The lowest BCUT2D eigenvalue weighted by Crippen LogP contribution is -2.33.